The van der Waals surface area contributed by atoms with Crippen LogP contribution >= 0.6 is 0 Å². The van der Waals surface area contributed by atoms with Gasteiger partial charge in [0.2, 0.25) is 10.0 Å². The van der Waals surface area contributed by atoms with Gasteiger partial charge in [0.1, 0.15) is 5.60 Å². The summed E-state index contributed by atoms with van der Waals surface area (Å²) in [7, 11) is -3.29. The molecule has 3 rings (SSSR count). The second-order valence-corrected chi connectivity index (χ2v) is 10.5. The molecular formula is C20H33N3O5S. The summed E-state index contributed by atoms with van der Waals surface area (Å²) in [5.41, 5.74) is -0.280. The van der Waals surface area contributed by atoms with Gasteiger partial charge in [0.25, 0.3) is 5.91 Å². The molecule has 0 saturated carbocycles. The van der Waals surface area contributed by atoms with E-state index in [-0.39, 0.29) is 24.7 Å². The number of amides is 1. The predicted molar refractivity (Wildman–Crippen MR) is 110 cm³/mol. The van der Waals surface area contributed by atoms with Crippen LogP contribution in [0.3, 0.4) is 0 Å². The fraction of sp³-hybridized carbons (Fsp3) is 0.800. The second kappa shape index (κ2) is 9.14. The number of esters is 1. The van der Waals surface area contributed by atoms with Gasteiger partial charge < -0.3 is 15.0 Å². The van der Waals surface area contributed by atoms with Gasteiger partial charge >= 0.3 is 5.97 Å². The molecule has 3 heterocycles. The van der Waals surface area contributed by atoms with Gasteiger partial charge in [0.05, 0.1) is 11.3 Å². The highest BCUT2D eigenvalue weighted by atomic mass is 32.2. The van der Waals surface area contributed by atoms with E-state index in [1.807, 2.05) is 0 Å². The number of likely N-dealkylation sites (tertiary alicyclic amines) is 1. The minimum atomic E-state index is -3.29. The Bertz CT molecular complexity index is 763. The molecule has 164 valence electrons. The van der Waals surface area contributed by atoms with E-state index < -0.39 is 21.6 Å². The third-order valence-corrected chi connectivity index (χ3v) is 8.21. The van der Waals surface area contributed by atoms with Crippen molar-refractivity contribution in [1.82, 2.24) is 14.5 Å². The van der Waals surface area contributed by atoms with Gasteiger partial charge in [0.15, 0.2) is 0 Å². The summed E-state index contributed by atoms with van der Waals surface area (Å²) in [4.78, 5) is 27.6. The highest BCUT2D eigenvalue weighted by Gasteiger charge is 2.51. The Labute approximate surface area is 173 Å². The zero-order valence-corrected chi connectivity index (χ0v) is 18.4. The first-order valence-electron chi connectivity index (χ1n) is 10.7. The summed E-state index contributed by atoms with van der Waals surface area (Å²) in [5, 5.41) is 2.95. The maximum Gasteiger partial charge on any atom is 0.335 e. The molecule has 0 radical (unpaired) electrons. The van der Waals surface area contributed by atoms with Crippen molar-refractivity contribution >= 4 is 21.9 Å². The molecule has 1 N–H and O–H groups in total. The van der Waals surface area contributed by atoms with Gasteiger partial charge in [-0.3, -0.25) is 4.79 Å². The zero-order valence-electron chi connectivity index (χ0n) is 17.5. The number of nitrogens with zero attached hydrogens (tertiary/aromatic N) is 2. The molecule has 2 saturated heterocycles. The van der Waals surface area contributed by atoms with Crippen LogP contribution in [-0.2, 0) is 24.3 Å². The second-order valence-electron chi connectivity index (χ2n) is 8.20. The maximum absolute atomic E-state index is 12.9. The fourth-order valence-electron chi connectivity index (χ4n) is 4.56. The van der Waals surface area contributed by atoms with E-state index in [1.165, 1.54) is 23.6 Å². The third-order valence-electron chi connectivity index (χ3n) is 6.33. The highest BCUT2D eigenvalue weighted by Crippen LogP contribution is 2.41. The molecule has 0 aromatic rings. The summed E-state index contributed by atoms with van der Waals surface area (Å²) in [6.07, 6.45) is 5.27. The third kappa shape index (κ3) is 4.83. The topological polar surface area (TPSA) is 96.0 Å². The average molecular weight is 428 g/mol. The first kappa shape index (κ1) is 22.2. The largest absolute Gasteiger partial charge is 0.450 e. The molecule has 0 aromatic carbocycles. The van der Waals surface area contributed by atoms with Crippen LogP contribution in [0, 0.1) is 0 Å². The Morgan fingerprint density at radius 2 is 1.79 bits per heavy atom. The number of ether oxygens (including phenoxy) is 1. The number of sulfonamides is 1. The molecule has 0 bridgehead atoms. The minimum absolute atomic E-state index is 0.0407. The van der Waals surface area contributed by atoms with Crippen LogP contribution < -0.4 is 5.32 Å². The molecule has 29 heavy (non-hydrogen) atoms. The number of rotatable bonds is 7. The van der Waals surface area contributed by atoms with E-state index >= 15 is 0 Å². The van der Waals surface area contributed by atoms with Crippen LogP contribution in [0.1, 0.15) is 52.4 Å². The van der Waals surface area contributed by atoms with Gasteiger partial charge in [-0.1, -0.05) is 6.42 Å². The first-order valence-corrected chi connectivity index (χ1v) is 12.3. The van der Waals surface area contributed by atoms with Crippen molar-refractivity contribution in [3.63, 3.8) is 0 Å². The van der Waals surface area contributed by atoms with Crippen molar-refractivity contribution in [2.24, 2.45) is 0 Å². The van der Waals surface area contributed by atoms with E-state index in [1.54, 1.807) is 13.8 Å². The molecule has 1 spiro atoms. The van der Waals surface area contributed by atoms with Crippen molar-refractivity contribution < 1.29 is 22.7 Å². The smallest absolute Gasteiger partial charge is 0.335 e. The number of piperidine rings is 2. The lowest BCUT2D eigenvalue weighted by Gasteiger charge is -2.38. The quantitative estimate of drug-likeness (QED) is 0.482. The van der Waals surface area contributed by atoms with Gasteiger partial charge in [-0.15, -0.1) is 0 Å². The first-order chi connectivity index (χ1) is 13.8. The Morgan fingerprint density at radius 1 is 1.14 bits per heavy atom. The number of carbonyl (C=O) groups is 2. The number of hydrogen-bond donors (Lipinski definition) is 1. The van der Waals surface area contributed by atoms with Crippen molar-refractivity contribution in [1.29, 1.82) is 0 Å². The van der Waals surface area contributed by atoms with Gasteiger partial charge in [-0.25, -0.2) is 17.5 Å². The molecule has 0 aliphatic carbocycles. The molecule has 1 amide bonds. The molecule has 0 atom stereocenters. The van der Waals surface area contributed by atoms with E-state index in [2.05, 4.69) is 10.2 Å². The Hall–Kier alpha value is -1.45. The number of carbonyl (C=O) groups excluding carboxylic acids is 2. The summed E-state index contributed by atoms with van der Waals surface area (Å²) in [6.45, 7) is 7.50. The molecular weight excluding hydrogens is 394 g/mol. The number of nitrogens with one attached hydrogen (secondary N) is 1. The highest BCUT2D eigenvalue weighted by molar-refractivity contribution is 7.89. The average Bonchev–Trinajstić information content (AvgIpc) is 2.95. The van der Waals surface area contributed by atoms with E-state index in [0.29, 0.717) is 30.5 Å². The lowest BCUT2D eigenvalue weighted by Crippen LogP contribution is -2.50. The monoisotopic (exact) mass is 427 g/mol. The van der Waals surface area contributed by atoms with E-state index in [9.17, 15) is 18.0 Å². The van der Waals surface area contributed by atoms with Gasteiger partial charge in [-0.2, -0.15) is 0 Å². The van der Waals surface area contributed by atoms with Gasteiger partial charge in [0, 0.05) is 38.0 Å². The van der Waals surface area contributed by atoms with E-state index in [4.69, 9.17) is 4.74 Å². The Kier molecular flexibility index (Phi) is 7.01. The van der Waals surface area contributed by atoms with Crippen LogP contribution in [0.5, 0.6) is 0 Å². The zero-order chi connectivity index (χ0) is 21.1. The molecule has 8 nitrogen and oxygen atoms in total. The van der Waals surface area contributed by atoms with Crippen LogP contribution in [-0.4, -0.2) is 80.1 Å². The summed E-state index contributed by atoms with van der Waals surface area (Å²) < 4.78 is 31.3. The minimum Gasteiger partial charge on any atom is -0.450 e. The Morgan fingerprint density at radius 3 is 2.41 bits per heavy atom. The van der Waals surface area contributed by atoms with Crippen molar-refractivity contribution in [3.8, 4) is 0 Å². The summed E-state index contributed by atoms with van der Waals surface area (Å²) in [6, 6.07) is 0. The summed E-state index contributed by atoms with van der Waals surface area (Å²) >= 11 is 0. The molecule has 0 unspecified atom stereocenters. The lowest BCUT2D eigenvalue weighted by atomic mass is 9.83. The lowest BCUT2D eigenvalue weighted by molar-refractivity contribution is -0.150. The maximum atomic E-state index is 12.9. The fourth-order valence-corrected chi connectivity index (χ4v) is 5.67. The molecule has 3 aliphatic heterocycles. The standard InChI is InChI=1S/C20H33N3O5S/c1-3-29(26,27)23-14-8-20(9-15-23)17(16(2)19(25)28-20)18(24)21-10-7-13-22-11-5-4-6-12-22/h3-15H2,1-2H3,(H,21,24). The van der Waals surface area contributed by atoms with E-state index in [0.717, 1.165) is 26.1 Å². The normalized spacial score (nSPS) is 23.4. The van der Waals surface area contributed by atoms with Crippen LogP contribution in [0.2, 0.25) is 0 Å². The number of hydrogen-bond acceptors (Lipinski definition) is 6. The summed E-state index contributed by atoms with van der Waals surface area (Å²) in [5.74, 6) is -0.701. The van der Waals surface area contributed by atoms with Gasteiger partial charge in [-0.05, 0) is 52.7 Å². The van der Waals surface area contributed by atoms with Crippen molar-refractivity contribution in [3.05, 3.63) is 11.1 Å². The molecule has 2 fully saturated rings. The predicted octanol–water partition coefficient (Wildman–Crippen LogP) is 1.04. The van der Waals surface area contributed by atoms with Crippen LogP contribution in [0.4, 0.5) is 0 Å². The van der Waals surface area contributed by atoms with Crippen molar-refractivity contribution in [2.45, 2.75) is 58.0 Å². The van der Waals surface area contributed by atoms with Crippen LogP contribution in [0.15, 0.2) is 11.1 Å². The SMILES string of the molecule is CCS(=O)(=O)N1CCC2(CC1)OC(=O)C(C)=C2C(=O)NCCCN1CCCCC1. The Balaban J connectivity index is 1.59. The molecule has 9 heteroatoms. The van der Waals surface area contributed by atoms with Crippen molar-refractivity contribution in [2.75, 3.05) is 45.0 Å². The molecule has 0 aromatic heterocycles. The van der Waals surface area contributed by atoms with Crippen LogP contribution in [0.25, 0.3) is 0 Å². The molecule has 3 aliphatic rings.